The number of fused-ring (bicyclic) bond motifs is 1. The summed E-state index contributed by atoms with van der Waals surface area (Å²) in [5.41, 5.74) is 1.78. The number of carbonyl (C=O) groups excluding carboxylic acids is 1. The Balaban J connectivity index is 1.99. The number of rotatable bonds is 5. The molecule has 2 aliphatic rings. The molecule has 1 atom stereocenters. The fourth-order valence-corrected chi connectivity index (χ4v) is 5.33. The van der Waals surface area contributed by atoms with Crippen molar-refractivity contribution in [3.63, 3.8) is 0 Å². The van der Waals surface area contributed by atoms with E-state index in [1.165, 1.54) is 26.0 Å². The molecule has 2 heterocycles. The molecule has 0 amide bonds. The lowest BCUT2D eigenvalue weighted by Gasteiger charge is -2.38. The highest BCUT2D eigenvalue weighted by Crippen LogP contribution is 2.50. The summed E-state index contributed by atoms with van der Waals surface area (Å²) in [5, 5.41) is 14.5. The van der Waals surface area contributed by atoms with Gasteiger partial charge in [-0.2, -0.15) is 0 Å². The van der Waals surface area contributed by atoms with Crippen molar-refractivity contribution < 1.29 is 19.4 Å². The second kappa shape index (κ2) is 8.44. The molecule has 8 nitrogen and oxygen atoms in total. The number of anilines is 1. The molecule has 1 unspecified atom stereocenters. The second-order valence-corrected chi connectivity index (χ2v) is 11.0. The first kappa shape index (κ1) is 23.2. The van der Waals surface area contributed by atoms with Crippen LogP contribution in [0.15, 0.2) is 33.4 Å². The fraction of sp³-hybridized carbons (Fsp3) is 0.458. The smallest absolute Gasteiger partial charge is 0.257 e. The van der Waals surface area contributed by atoms with Crippen molar-refractivity contribution in [3.05, 3.63) is 44.9 Å². The first-order chi connectivity index (χ1) is 15.5. The normalized spacial score (nSPS) is 19.1. The van der Waals surface area contributed by atoms with Gasteiger partial charge in [0.05, 0.1) is 19.8 Å². The van der Waals surface area contributed by atoms with E-state index in [2.05, 4.69) is 24.1 Å². The van der Waals surface area contributed by atoms with Gasteiger partial charge in [0.2, 0.25) is 5.75 Å². The van der Waals surface area contributed by atoms with Crippen molar-refractivity contribution >= 4 is 23.4 Å². The summed E-state index contributed by atoms with van der Waals surface area (Å²) in [5.74, 6) is 0.0206. The van der Waals surface area contributed by atoms with E-state index >= 15 is 0 Å². The van der Waals surface area contributed by atoms with Crippen LogP contribution in [-0.4, -0.2) is 40.3 Å². The zero-order chi connectivity index (χ0) is 24.1. The van der Waals surface area contributed by atoms with E-state index in [0.29, 0.717) is 40.5 Å². The number of Topliss-reactive ketones (excluding diaryl/α,β-unsaturated/α-hetero) is 1. The molecule has 3 N–H and O–H groups in total. The SMILES string of the molecule is COc1cc(C2C3=C(CC(C)(C)CC3=O)Nc3nc(SC(C)C)[nH]c(=O)c32)cc(OC)c1O. The number of H-pyrrole nitrogens is 1. The average molecular weight is 472 g/mol. The van der Waals surface area contributed by atoms with Crippen LogP contribution in [0.1, 0.15) is 57.6 Å². The molecule has 4 rings (SSSR count). The highest BCUT2D eigenvalue weighted by Gasteiger charge is 2.43. The minimum absolute atomic E-state index is 0.0181. The van der Waals surface area contributed by atoms with Gasteiger partial charge in [-0.1, -0.05) is 39.5 Å². The number of hydrogen-bond acceptors (Lipinski definition) is 8. The topological polar surface area (TPSA) is 114 Å². The van der Waals surface area contributed by atoms with E-state index < -0.39 is 5.92 Å². The predicted octanol–water partition coefficient (Wildman–Crippen LogP) is 4.19. The van der Waals surface area contributed by atoms with Crippen LogP contribution >= 0.6 is 11.8 Å². The van der Waals surface area contributed by atoms with E-state index in [9.17, 15) is 14.7 Å². The monoisotopic (exact) mass is 471 g/mol. The molecule has 1 aromatic heterocycles. The Hall–Kier alpha value is -2.94. The molecule has 0 spiro atoms. The molecule has 0 radical (unpaired) electrons. The number of phenolic OH excluding ortho intramolecular Hbond substituents is 1. The van der Waals surface area contributed by atoms with E-state index in [1.54, 1.807) is 12.1 Å². The van der Waals surface area contributed by atoms with Gasteiger partial charge in [0.25, 0.3) is 5.56 Å². The third-order valence-corrected chi connectivity index (χ3v) is 6.77. The molecule has 9 heteroatoms. The number of hydrogen-bond donors (Lipinski definition) is 3. The molecule has 0 saturated carbocycles. The van der Waals surface area contributed by atoms with E-state index in [1.807, 2.05) is 13.8 Å². The Morgan fingerprint density at radius 3 is 2.36 bits per heavy atom. The van der Waals surface area contributed by atoms with Crippen LogP contribution in [0.25, 0.3) is 0 Å². The Morgan fingerprint density at radius 1 is 1.15 bits per heavy atom. The third-order valence-electron chi connectivity index (χ3n) is 5.88. The first-order valence-electron chi connectivity index (χ1n) is 10.8. The maximum absolute atomic E-state index is 13.4. The summed E-state index contributed by atoms with van der Waals surface area (Å²) in [4.78, 5) is 34.3. The van der Waals surface area contributed by atoms with E-state index in [-0.39, 0.29) is 39.3 Å². The van der Waals surface area contributed by atoms with Gasteiger partial charge in [0, 0.05) is 28.9 Å². The second-order valence-electron chi connectivity index (χ2n) is 9.47. The van der Waals surface area contributed by atoms with Crippen LogP contribution in [0, 0.1) is 5.41 Å². The summed E-state index contributed by atoms with van der Waals surface area (Å²) in [6.07, 6.45) is 1.02. The van der Waals surface area contributed by atoms with Crippen molar-refractivity contribution in [1.82, 2.24) is 9.97 Å². The molecule has 1 aliphatic heterocycles. The van der Waals surface area contributed by atoms with E-state index in [4.69, 9.17) is 14.5 Å². The van der Waals surface area contributed by atoms with Crippen LogP contribution < -0.4 is 20.3 Å². The molecule has 1 aromatic carbocycles. The number of allylic oxidation sites excluding steroid dienone is 2. The van der Waals surface area contributed by atoms with Gasteiger partial charge in [-0.05, 0) is 29.5 Å². The molecule has 0 bridgehead atoms. The number of benzene rings is 1. The lowest BCUT2D eigenvalue weighted by molar-refractivity contribution is -0.118. The standard InChI is InChI=1S/C24H29N3O5S/c1-11(2)33-23-26-21-19(22(30)27-23)17(12-7-15(31-5)20(29)16(8-12)32-6)18-13(25-21)9-24(3,4)10-14(18)28/h7-8,11,17,29H,9-10H2,1-6H3,(H2,25,26,27,30). The molecule has 1 aliphatic carbocycles. The van der Waals surface area contributed by atoms with Crippen LogP contribution in [0.4, 0.5) is 5.82 Å². The van der Waals surface area contributed by atoms with Crippen molar-refractivity contribution in [2.24, 2.45) is 5.41 Å². The van der Waals surface area contributed by atoms with Crippen molar-refractivity contribution in [2.75, 3.05) is 19.5 Å². The molecule has 0 saturated heterocycles. The number of aromatic nitrogens is 2. The highest BCUT2D eigenvalue weighted by atomic mass is 32.2. The van der Waals surface area contributed by atoms with Crippen LogP contribution in [0.5, 0.6) is 17.2 Å². The Bertz CT molecular complexity index is 1190. The first-order valence-corrected chi connectivity index (χ1v) is 11.7. The highest BCUT2D eigenvalue weighted by molar-refractivity contribution is 7.99. The lowest BCUT2D eigenvalue weighted by atomic mass is 9.69. The van der Waals surface area contributed by atoms with Crippen molar-refractivity contribution in [2.45, 2.75) is 56.9 Å². The summed E-state index contributed by atoms with van der Waals surface area (Å²) in [7, 11) is 2.88. The number of aromatic amines is 1. The number of carbonyl (C=O) groups is 1. The van der Waals surface area contributed by atoms with Crippen LogP contribution in [0.3, 0.4) is 0 Å². The number of ether oxygens (including phenoxy) is 2. The Labute approximate surface area is 196 Å². The van der Waals surface area contributed by atoms with E-state index in [0.717, 1.165) is 5.70 Å². The fourth-order valence-electron chi connectivity index (χ4n) is 4.59. The van der Waals surface area contributed by atoms with Crippen molar-refractivity contribution in [3.8, 4) is 17.2 Å². The molecule has 33 heavy (non-hydrogen) atoms. The summed E-state index contributed by atoms with van der Waals surface area (Å²) in [6.45, 7) is 8.16. The van der Waals surface area contributed by atoms with Crippen LogP contribution in [-0.2, 0) is 4.79 Å². The van der Waals surface area contributed by atoms with Gasteiger partial charge in [-0.3, -0.25) is 9.59 Å². The maximum atomic E-state index is 13.4. The molecule has 2 aromatic rings. The zero-order valence-corrected chi connectivity index (χ0v) is 20.5. The number of nitrogens with zero attached hydrogens (tertiary/aromatic N) is 1. The van der Waals surface area contributed by atoms with Crippen LogP contribution in [0.2, 0.25) is 0 Å². The van der Waals surface area contributed by atoms with Gasteiger partial charge in [-0.25, -0.2) is 4.98 Å². The lowest BCUT2D eigenvalue weighted by Crippen LogP contribution is -2.37. The largest absolute Gasteiger partial charge is 0.502 e. The minimum Gasteiger partial charge on any atom is -0.502 e. The Kier molecular flexibility index (Phi) is 5.94. The zero-order valence-electron chi connectivity index (χ0n) is 19.7. The number of nitrogens with one attached hydrogen (secondary N) is 2. The van der Waals surface area contributed by atoms with Gasteiger partial charge >= 0.3 is 0 Å². The van der Waals surface area contributed by atoms with Gasteiger partial charge in [0.15, 0.2) is 22.4 Å². The Morgan fingerprint density at radius 2 is 1.79 bits per heavy atom. The quantitative estimate of drug-likeness (QED) is 0.439. The number of phenols is 1. The molecule has 0 fully saturated rings. The maximum Gasteiger partial charge on any atom is 0.257 e. The van der Waals surface area contributed by atoms with Gasteiger partial charge in [0.1, 0.15) is 5.82 Å². The number of ketones is 1. The minimum atomic E-state index is -0.669. The number of methoxy groups -OCH3 is 2. The summed E-state index contributed by atoms with van der Waals surface area (Å²) in [6, 6.07) is 3.29. The van der Waals surface area contributed by atoms with Crippen molar-refractivity contribution in [1.29, 1.82) is 0 Å². The molecular formula is C24H29N3O5S. The number of aromatic hydroxyl groups is 1. The van der Waals surface area contributed by atoms with Gasteiger partial charge < -0.3 is 24.9 Å². The summed E-state index contributed by atoms with van der Waals surface area (Å²) >= 11 is 1.46. The number of thioether (sulfide) groups is 1. The average Bonchev–Trinajstić information content (AvgIpc) is 2.71. The molecular weight excluding hydrogens is 442 g/mol. The van der Waals surface area contributed by atoms with Gasteiger partial charge in [-0.15, -0.1) is 0 Å². The predicted molar refractivity (Wildman–Crippen MR) is 128 cm³/mol. The third kappa shape index (κ3) is 4.21. The molecule has 176 valence electrons. The summed E-state index contributed by atoms with van der Waals surface area (Å²) < 4.78 is 10.7.